The highest BCUT2D eigenvalue weighted by Gasteiger charge is 2.04. The average molecular weight is 164 g/mol. The van der Waals surface area contributed by atoms with Crippen molar-refractivity contribution in [3.8, 4) is 0 Å². The van der Waals surface area contributed by atoms with Crippen LogP contribution in [0.1, 0.15) is 32.6 Å². The van der Waals surface area contributed by atoms with E-state index in [-0.39, 0.29) is 5.37 Å². The zero-order chi connectivity index (χ0) is 7.98. The summed E-state index contributed by atoms with van der Waals surface area (Å²) >= 11 is 0. The van der Waals surface area contributed by atoms with Crippen molar-refractivity contribution in [3.63, 3.8) is 0 Å². The van der Waals surface area contributed by atoms with Crippen molar-refractivity contribution in [1.82, 2.24) is 0 Å². The Morgan fingerprint density at radius 2 is 2.10 bits per heavy atom. The monoisotopic (exact) mass is 164 g/mol. The molecule has 0 aromatic heterocycles. The van der Waals surface area contributed by atoms with Crippen molar-refractivity contribution in [2.24, 2.45) is 10.9 Å². The van der Waals surface area contributed by atoms with E-state index in [0.29, 0.717) is 0 Å². The first-order valence-corrected chi connectivity index (χ1v) is 4.86. The molecule has 2 atom stereocenters. The van der Waals surface area contributed by atoms with Gasteiger partial charge in [0.25, 0.3) is 0 Å². The summed E-state index contributed by atoms with van der Waals surface area (Å²) in [5.41, 5.74) is 5.43. The van der Waals surface area contributed by atoms with Crippen molar-refractivity contribution in [2.75, 3.05) is 0 Å². The molecule has 4 N–H and O–H groups in total. The zero-order valence-electron chi connectivity index (χ0n) is 6.38. The van der Waals surface area contributed by atoms with Crippen LogP contribution in [0, 0.1) is 0 Å². The van der Waals surface area contributed by atoms with Crippen LogP contribution in [0.5, 0.6) is 0 Å². The van der Waals surface area contributed by atoms with E-state index in [1.807, 2.05) is 0 Å². The lowest BCUT2D eigenvalue weighted by Gasteiger charge is -2.05. The highest BCUT2D eigenvalue weighted by Crippen LogP contribution is 2.01. The van der Waals surface area contributed by atoms with Gasteiger partial charge in [-0.15, -0.1) is 0 Å². The zero-order valence-corrected chi connectivity index (χ0v) is 7.19. The molecule has 0 rings (SSSR count). The van der Waals surface area contributed by atoms with Crippen molar-refractivity contribution < 1.29 is 4.21 Å². The Bertz CT molecular complexity index is 108. The third kappa shape index (κ3) is 4.90. The summed E-state index contributed by atoms with van der Waals surface area (Å²) in [6.07, 6.45) is 4.10. The summed E-state index contributed by atoms with van der Waals surface area (Å²) in [6.45, 7) is 2.12. The summed E-state index contributed by atoms with van der Waals surface area (Å²) in [4.78, 5) is 0. The fourth-order valence-electron chi connectivity index (χ4n) is 0.712. The van der Waals surface area contributed by atoms with E-state index in [4.69, 9.17) is 10.9 Å². The van der Waals surface area contributed by atoms with Gasteiger partial charge in [0.1, 0.15) is 11.0 Å². The SMILES string of the molecule is CCCCCC(N)S(N)=O. The number of nitrogens with two attached hydrogens (primary N) is 2. The molecule has 0 saturated carbocycles. The Morgan fingerprint density at radius 3 is 2.50 bits per heavy atom. The smallest absolute Gasteiger partial charge is 0.106 e. The van der Waals surface area contributed by atoms with E-state index in [9.17, 15) is 4.21 Å². The second-order valence-corrected chi connectivity index (χ2v) is 3.63. The first-order chi connectivity index (χ1) is 4.68. The largest absolute Gasteiger partial charge is 0.316 e. The van der Waals surface area contributed by atoms with Crippen molar-refractivity contribution >= 4 is 11.0 Å². The van der Waals surface area contributed by atoms with Gasteiger partial charge in [-0.1, -0.05) is 26.2 Å². The van der Waals surface area contributed by atoms with Crippen LogP contribution in [0.4, 0.5) is 0 Å². The Hall–Kier alpha value is 0.0700. The molecule has 62 valence electrons. The minimum Gasteiger partial charge on any atom is -0.316 e. The minimum atomic E-state index is -1.34. The van der Waals surface area contributed by atoms with Gasteiger partial charge in [0.2, 0.25) is 0 Å². The van der Waals surface area contributed by atoms with Crippen LogP contribution < -0.4 is 10.9 Å². The molecule has 0 spiro atoms. The molecular formula is C6H16N2OS. The maximum Gasteiger partial charge on any atom is 0.106 e. The third-order valence-electron chi connectivity index (χ3n) is 1.39. The van der Waals surface area contributed by atoms with Crippen molar-refractivity contribution in [1.29, 1.82) is 0 Å². The summed E-state index contributed by atoms with van der Waals surface area (Å²) < 4.78 is 10.5. The summed E-state index contributed by atoms with van der Waals surface area (Å²) in [7, 11) is -1.34. The van der Waals surface area contributed by atoms with Crippen molar-refractivity contribution in [3.05, 3.63) is 0 Å². The molecule has 4 heteroatoms. The molecule has 0 amide bonds. The number of unbranched alkanes of at least 4 members (excludes halogenated alkanes) is 2. The first-order valence-electron chi connectivity index (χ1n) is 3.59. The molecule has 0 aliphatic rings. The van der Waals surface area contributed by atoms with E-state index >= 15 is 0 Å². The van der Waals surface area contributed by atoms with Gasteiger partial charge in [-0.25, -0.2) is 4.21 Å². The molecule has 0 heterocycles. The van der Waals surface area contributed by atoms with Crippen LogP contribution >= 0.6 is 0 Å². The second kappa shape index (κ2) is 5.82. The molecule has 2 unspecified atom stereocenters. The maximum absolute atomic E-state index is 10.5. The molecular weight excluding hydrogens is 148 g/mol. The van der Waals surface area contributed by atoms with Crippen LogP contribution in [0.3, 0.4) is 0 Å². The number of hydrogen-bond acceptors (Lipinski definition) is 2. The summed E-state index contributed by atoms with van der Waals surface area (Å²) in [6, 6.07) is 0. The van der Waals surface area contributed by atoms with Crippen LogP contribution in [-0.2, 0) is 11.0 Å². The van der Waals surface area contributed by atoms with Crippen LogP contribution in [-0.4, -0.2) is 9.58 Å². The van der Waals surface area contributed by atoms with E-state index in [2.05, 4.69) is 6.92 Å². The Labute approximate surface area is 64.8 Å². The third-order valence-corrected chi connectivity index (χ3v) is 2.22. The van der Waals surface area contributed by atoms with Gasteiger partial charge in [-0.05, 0) is 6.42 Å². The average Bonchev–Trinajstić information content (AvgIpc) is 1.88. The van der Waals surface area contributed by atoms with Gasteiger partial charge >= 0.3 is 0 Å². The predicted octanol–water partition coefficient (Wildman–Crippen LogP) is 0.474. The number of rotatable bonds is 5. The van der Waals surface area contributed by atoms with Gasteiger partial charge in [-0.3, -0.25) is 5.14 Å². The first kappa shape index (κ1) is 10.1. The molecule has 0 aromatic rings. The normalized spacial score (nSPS) is 16.7. The molecule has 3 nitrogen and oxygen atoms in total. The quantitative estimate of drug-likeness (QED) is 0.580. The van der Waals surface area contributed by atoms with Crippen molar-refractivity contribution in [2.45, 2.75) is 38.0 Å². The molecule has 0 saturated heterocycles. The predicted molar refractivity (Wildman–Crippen MR) is 44.4 cm³/mol. The van der Waals surface area contributed by atoms with E-state index in [0.717, 1.165) is 25.7 Å². The molecule has 10 heavy (non-hydrogen) atoms. The molecule has 0 bridgehead atoms. The van der Waals surface area contributed by atoms with Gasteiger partial charge in [0.15, 0.2) is 0 Å². The van der Waals surface area contributed by atoms with E-state index in [1.165, 1.54) is 0 Å². The van der Waals surface area contributed by atoms with E-state index < -0.39 is 11.0 Å². The van der Waals surface area contributed by atoms with Gasteiger partial charge in [0.05, 0.1) is 5.37 Å². The number of hydrogen-bond donors (Lipinski definition) is 2. The Morgan fingerprint density at radius 1 is 1.50 bits per heavy atom. The topological polar surface area (TPSA) is 69.1 Å². The molecule has 0 aliphatic carbocycles. The lowest BCUT2D eigenvalue weighted by Crippen LogP contribution is -2.30. The van der Waals surface area contributed by atoms with Gasteiger partial charge < -0.3 is 5.73 Å². The van der Waals surface area contributed by atoms with Crippen LogP contribution in [0.2, 0.25) is 0 Å². The molecule has 0 aromatic carbocycles. The Balaban J connectivity index is 3.21. The van der Waals surface area contributed by atoms with Gasteiger partial charge in [0, 0.05) is 0 Å². The maximum atomic E-state index is 10.5. The fourth-order valence-corrected chi connectivity index (χ4v) is 1.11. The highest BCUT2D eigenvalue weighted by atomic mass is 32.2. The van der Waals surface area contributed by atoms with Crippen LogP contribution in [0.15, 0.2) is 0 Å². The molecule has 0 aliphatic heterocycles. The standard InChI is InChI=1S/C6H16N2OS/c1-2-3-4-5-6(7)10(8)9/h6H,2-5,7-8H2,1H3. The fraction of sp³-hybridized carbons (Fsp3) is 1.00. The molecule has 0 radical (unpaired) electrons. The lowest BCUT2D eigenvalue weighted by atomic mass is 10.2. The Kier molecular flexibility index (Phi) is 5.87. The lowest BCUT2D eigenvalue weighted by molar-refractivity contribution is 0.626. The van der Waals surface area contributed by atoms with E-state index in [1.54, 1.807) is 0 Å². The van der Waals surface area contributed by atoms with Gasteiger partial charge in [-0.2, -0.15) is 0 Å². The highest BCUT2D eigenvalue weighted by molar-refractivity contribution is 7.83. The summed E-state index contributed by atoms with van der Waals surface area (Å²) in [5, 5.41) is 4.74. The second-order valence-electron chi connectivity index (χ2n) is 2.36. The minimum absolute atomic E-state index is 0.327. The molecule has 0 fully saturated rings. The van der Waals surface area contributed by atoms with Crippen LogP contribution in [0.25, 0.3) is 0 Å². The summed E-state index contributed by atoms with van der Waals surface area (Å²) in [5.74, 6) is 0.